The number of aliphatic hydroxyl groups is 1. The third-order valence-corrected chi connectivity index (χ3v) is 7.00. The molecule has 3 rings (SSSR count). The lowest BCUT2D eigenvalue weighted by Crippen LogP contribution is -2.53. The van der Waals surface area contributed by atoms with Crippen LogP contribution in [-0.4, -0.2) is 71.0 Å². The van der Waals surface area contributed by atoms with Gasteiger partial charge in [-0.15, -0.1) is 0 Å². The molecule has 3 atom stereocenters. The molecule has 0 saturated carbocycles. The van der Waals surface area contributed by atoms with Gasteiger partial charge in [-0.05, 0) is 57.9 Å². The molecule has 2 amide bonds. The minimum absolute atomic E-state index is 0.00136. The Labute approximate surface area is 274 Å². The van der Waals surface area contributed by atoms with Crippen molar-refractivity contribution < 1.29 is 28.8 Å². The standard InChI is InChI=1S/C35H42N6O6/c1-22-9-11-24(12-10-22)18-37-19-28(38-20-30(32(44)21-42)39-34(46)29-13-23(2)47-41-29)16-31(43)26-8-6-7-25(14-26)15-27(17-36)33(45)40-35(3,4)5/h6-15,21,28,30,32,37-38,44H,16,18-20H2,1-5H3,(H,39,46)(H,40,45)/t28-,30-,32-/m0/s1. The van der Waals surface area contributed by atoms with Gasteiger partial charge in [0.15, 0.2) is 17.8 Å². The summed E-state index contributed by atoms with van der Waals surface area (Å²) in [5.41, 5.74) is 2.45. The number of carbonyl (C=O) groups excluding carboxylic acids is 4. The lowest BCUT2D eigenvalue weighted by Gasteiger charge is -2.25. The third kappa shape index (κ3) is 12.1. The van der Waals surface area contributed by atoms with Crippen LogP contribution in [0.5, 0.6) is 0 Å². The van der Waals surface area contributed by atoms with Crippen LogP contribution >= 0.6 is 0 Å². The lowest BCUT2D eigenvalue weighted by atomic mass is 10.00. The molecule has 0 aliphatic heterocycles. The summed E-state index contributed by atoms with van der Waals surface area (Å²) in [4.78, 5) is 50.3. The summed E-state index contributed by atoms with van der Waals surface area (Å²) in [6.07, 6.45) is 0.252. The number of nitrogens with one attached hydrogen (secondary N) is 4. The van der Waals surface area contributed by atoms with Gasteiger partial charge in [-0.3, -0.25) is 14.4 Å². The van der Waals surface area contributed by atoms with Crippen LogP contribution in [0, 0.1) is 25.2 Å². The van der Waals surface area contributed by atoms with Crippen molar-refractivity contribution in [2.75, 3.05) is 13.1 Å². The highest BCUT2D eigenvalue weighted by Crippen LogP contribution is 2.14. The Morgan fingerprint density at radius 1 is 1.06 bits per heavy atom. The van der Waals surface area contributed by atoms with Gasteiger partial charge in [-0.1, -0.05) is 53.2 Å². The summed E-state index contributed by atoms with van der Waals surface area (Å²) in [6, 6.07) is 16.5. The fourth-order valence-corrected chi connectivity index (χ4v) is 4.54. The van der Waals surface area contributed by atoms with Crippen LogP contribution in [0.4, 0.5) is 0 Å². The van der Waals surface area contributed by atoms with Gasteiger partial charge in [-0.2, -0.15) is 5.26 Å². The predicted octanol–water partition coefficient (Wildman–Crippen LogP) is 2.79. The Bertz CT molecular complexity index is 1620. The molecule has 1 heterocycles. The van der Waals surface area contributed by atoms with Crippen molar-refractivity contribution in [3.8, 4) is 6.07 Å². The number of hydrogen-bond acceptors (Lipinski definition) is 10. The first-order chi connectivity index (χ1) is 22.3. The van der Waals surface area contributed by atoms with E-state index >= 15 is 0 Å². The zero-order chi connectivity index (χ0) is 34.6. The number of nitriles is 1. The van der Waals surface area contributed by atoms with E-state index in [0.717, 1.165) is 11.1 Å². The third-order valence-electron chi connectivity index (χ3n) is 7.00. The van der Waals surface area contributed by atoms with Crippen molar-refractivity contribution in [3.05, 3.63) is 93.9 Å². The maximum Gasteiger partial charge on any atom is 0.273 e. The minimum atomic E-state index is -1.52. The molecule has 0 unspecified atom stereocenters. The van der Waals surface area contributed by atoms with Gasteiger partial charge in [0.1, 0.15) is 23.5 Å². The van der Waals surface area contributed by atoms with Gasteiger partial charge in [0.2, 0.25) is 0 Å². The Kier molecular flexibility index (Phi) is 13.3. The zero-order valence-electron chi connectivity index (χ0n) is 27.3. The van der Waals surface area contributed by atoms with Crippen LogP contribution in [0.2, 0.25) is 0 Å². The smallest absolute Gasteiger partial charge is 0.273 e. The molecule has 3 aromatic rings. The molecule has 0 aliphatic carbocycles. The molecular weight excluding hydrogens is 600 g/mol. The van der Waals surface area contributed by atoms with Crippen LogP contribution in [0.15, 0.2) is 64.7 Å². The molecule has 1 aromatic heterocycles. The summed E-state index contributed by atoms with van der Waals surface area (Å²) < 4.78 is 4.95. The average Bonchev–Trinajstić information content (AvgIpc) is 3.47. The van der Waals surface area contributed by atoms with Crippen molar-refractivity contribution in [2.24, 2.45) is 0 Å². The summed E-state index contributed by atoms with van der Waals surface area (Å²) in [5, 5.41) is 35.5. The topological polar surface area (TPSA) is 186 Å². The quantitative estimate of drug-likeness (QED) is 0.0673. The number of aldehydes is 1. The Hall–Kier alpha value is -4.96. The first-order valence-electron chi connectivity index (χ1n) is 15.2. The molecule has 47 heavy (non-hydrogen) atoms. The second-order valence-corrected chi connectivity index (χ2v) is 12.4. The highest BCUT2D eigenvalue weighted by molar-refractivity contribution is 6.02. The second-order valence-electron chi connectivity index (χ2n) is 12.4. The number of aryl methyl sites for hydroxylation is 2. The van der Waals surface area contributed by atoms with E-state index in [0.29, 0.717) is 36.3 Å². The predicted molar refractivity (Wildman–Crippen MR) is 176 cm³/mol. The molecule has 2 aromatic carbocycles. The highest BCUT2D eigenvalue weighted by atomic mass is 16.5. The molecule has 0 radical (unpaired) electrons. The van der Waals surface area contributed by atoms with Crippen LogP contribution in [0.3, 0.4) is 0 Å². The average molecular weight is 643 g/mol. The highest BCUT2D eigenvalue weighted by Gasteiger charge is 2.25. The summed E-state index contributed by atoms with van der Waals surface area (Å²) in [5.74, 6) is -0.936. The number of amides is 2. The maximum atomic E-state index is 13.5. The van der Waals surface area contributed by atoms with E-state index in [1.807, 2.05) is 58.0 Å². The Balaban J connectivity index is 1.77. The number of Topliss-reactive ketones (excluding diaryl/α,β-unsaturated/α-hetero) is 1. The normalized spacial score (nSPS) is 13.6. The molecule has 5 N–H and O–H groups in total. The van der Waals surface area contributed by atoms with E-state index in [-0.39, 0.29) is 30.0 Å². The molecule has 12 heteroatoms. The molecule has 0 saturated heterocycles. The van der Waals surface area contributed by atoms with E-state index < -0.39 is 35.5 Å². The van der Waals surface area contributed by atoms with E-state index in [4.69, 9.17) is 4.52 Å². The number of nitrogens with zero attached hydrogens (tertiary/aromatic N) is 2. The number of ketones is 1. The lowest BCUT2D eigenvalue weighted by molar-refractivity contribution is -0.118. The summed E-state index contributed by atoms with van der Waals surface area (Å²) in [7, 11) is 0. The van der Waals surface area contributed by atoms with E-state index in [9.17, 15) is 29.5 Å². The first kappa shape index (κ1) is 36.5. The first-order valence-corrected chi connectivity index (χ1v) is 15.2. The Morgan fingerprint density at radius 2 is 1.79 bits per heavy atom. The van der Waals surface area contributed by atoms with Crippen LogP contribution in [-0.2, 0) is 16.1 Å². The Morgan fingerprint density at radius 3 is 2.40 bits per heavy atom. The van der Waals surface area contributed by atoms with Gasteiger partial charge < -0.3 is 35.7 Å². The van der Waals surface area contributed by atoms with Gasteiger partial charge in [0.25, 0.3) is 11.8 Å². The largest absolute Gasteiger partial charge is 0.383 e. The van der Waals surface area contributed by atoms with Gasteiger partial charge in [0.05, 0.1) is 6.04 Å². The van der Waals surface area contributed by atoms with E-state index in [1.165, 1.54) is 12.1 Å². The summed E-state index contributed by atoms with van der Waals surface area (Å²) in [6.45, 7) is 9.90. The molecule has 0 spiro atoms. The van der Waals surface area contributed by atoms with Gasteiger partial charge in [-0.25, -0.2) is 0 Å². The van der Waals surface area contributed by atoms with E-state index in [1.54, 1.807) is 31.2 Å². The minimum Gasteiger partial charge on any atom is -0.383 e. The number of rotatable bonds is 16. The van der Waals surface area contributed by atoms with Crippen molar-refractivity contribution in [1.82, 2.24) is 26.4 Å². The van der Waals surface area contributed by atoms with Crippen LogP contribution in [0.25, 0.3) is 6.08 Å². The molecule has 12 nitrogen and oxygen atoms in total. The van der Waals surface area contributed by atoms with Crippen LogP contribution in [0.1, 0.15) is 70.5 Å². The van der Waals surface area contributed by atoms with Crippen molar-refractivity contribution in [2.45, 2.75) is 71.3 Å². The number of hydrogen-bond donors (Lipinski definition) is 5. The number of aromatic nitrogens is 1. The van der Waals surface area contributed by atoms with Gasteiger partial charge in [0, 0.05) is 49.3 Å². The van der Waals surface area contributed by atoms with Crippen LogP contribution < -0.4 is 21.3 Å². The van der Waals surface area contributed by atoms with Crippen molar-refractivity contribution in [1.29, 1.82) is 5.26 Å². The fraction of sp³-hybridized carbons (Fsp3) is 0.371. The van der Waals surface area contributed by atoms with Gasteiger partial charge >= 0.3 is 0 Å². The summed E-state index contributed by atoms with van der Waals surface area (Å²) >= 11 is 0. The zero-order valence-corrected chi connectivity index (χ0v) is 27.3. The molecule has 0 fully saturated rings. The molecule has 0 bridgehead atoms. The van der Waals surface area contributed by atoms with Crippen molar-refractivity contribution in [3.63, 3.8) is 0 Å². The van der Waals surface area contributed by atoms with Crippen molar-refractivity contribution >= 4 is 30.0 Å². The molecular formula is C35H42N6O6. The van der Waals surface area contributed by atoms with E-state index in [2.05, 4.69) is 26.4 Å². The number of benzene rings is 2. The number of carbonyl (C=O) groups is 4. The number of aliphatic hydroxyl groups excluding tert-OH is 1. The monoisotopic (exact) mass is 642 g/mol. The fourth-order valence-electron chi connectivity index (χ4n) is 4.54. The maximum absolute atomic E-state index is 13.5. The SMILES string of the molecule is Cc1ccc(CNC[C@H](CC(=O)c2cccc(C=C(C#N)C(=O)NC(C)(C)C)c2)NC[C@H](NC(=O)c2cc(C)on2)[C@@H](O)C=O)cc1. The second kappa shape index (κ2) is 17.1. The molecule has 0 aliphatic rings. The molecule has 248 valence electrons.